The van der Waals surface area contributed by atoms with Crippen LogP contribution in [-0.2, 0) is 52.8 Å². The fourth-order valence-electron chi connectivity index (χ4n) is 3.86. The Balaban J connectivity index is 1.75. The lowest BCUT2D eigenvalue weighted by Gasteiger charge is -2.38. The Morgan fingerprint density at radius 2 is 1.06 bits per heavy atom. The number of carbonyl (C=O) groups excluding carboxylic acids is 9. The van der Waals surface area contributed by atoms with Gasteiger partial charge < -0.3 is 9.94 Å². The van der Waals surface area contributed by atoms with E-state index in [2.05, 4.69) is 0 Å². The molecule has 3 atom stereocenters. The molecule has 0 spiro atoms. The summed E-state index contributed by atoms with van der Waals surface area (Å²) < 4.78 is 0. The van der Waals surface area contributed by atoms with Gasteiger partial charge in [-0.3, -0.25) is 48.2 Å². The third kappa shape index (κ3) is 4.18. The molecule has 3 unspecified atom stereocenters. The molecular weight excluding hydrogens is 488 g/mol. The zero-order chi connectivity index (χ0) is 26.3. The van der Waals surface area contributed by atoms with Gasteiger partial charge in [-0.15, -0.1) is 5.06 Å². The van der Waals surface area contributed by atoms with Crippen LogP contribution in [0.2, 0.25) is 0 Å². The van der Waals surface area contributed by atoms with Crippen molar-refractivity contribution >= 4 is 53.2 Å². The van der Waals surface area contributed by atoms with E-state index < -0.39 is 71.6 Å². The topological polar surface area (TPSA) is 205 Å². The average Bonchev–Trinajstić information content (AvgIpc) is 3.53. The van der Waals surface area contributed by atoms with Crippen LogP contribution in [-0.4, -0.2) is 96.6 Å². The number of hydroxylamine groups is 4. The highest BCUT2D eigenvalue weighted by atomic mass is 16.8. The van der Waals surface area contributed by atoms with Crippen molar-refractivity contribution in [2.24, 2.45) is 0 Å². The Labute approximate surface area is 200 Å². The molecule has 16 heteroatoms. The maximum Gasteiger partial charge on any atom is 0.358 e. The van der Waals surface area contributed by atoms with Crippen molar-refractivity contribution in [3.8, 4) is 0 Å². The van der Waals surface area contributed by atoms with E-state index in [4.69, 9.17) is 9.68 Å². The van der Waals surface area contributed by atoms with Crippen LogP contribution in [0.25, 0.3) is 0 Å². The molecule has 0 radical (unpaired) electrons. The largest absolute Gasteiger partial charge is 0.364 e. The molecule has 16 nitrogen and oxygen atoms in total. The molecule has 36 heavy (non-hydrogen) atoms. The van der Waals surface area contributed by atoms with Crippen LogP contribution >= 0.6 is 0 Å². The van der Waals surface area contributed by atoms with E-state index >= 15 is 0 Å². The molecule has 4 rings (SSSR count). The number of aliphatic hydroxyl groups is 1. The van der Waals surface area contributed by atoms with Crippen LogP contribution in [0.3, 0.4) is 0 Å². The predicted molar refractivity (Wildman–Crippen MR) is 105 cm³/mol. The first-order valence-corrected chi connectivity index (χ1v) is 10.4. The van der Waals surface area contributed by atoms with Gasteiger partial charge in [0, 0.05) is 50.0 Å². The van der Waals surface area contributed by atoms with Gasteiger partial charge in [0.25, 0.3) is 47.3 Å². The molecule has 0 aliphatic carbocycles. The minimum absolute atomic E-state index is 0.0808. The molecule has 0 saturated carbocycles. The first-order valence-electron chi connectivity index (χ1n) is 10.4. The second-order valence-electron chi connectivity index (χ2n) is 7.77. The summed E-state index contributed by atoms with van der Waals surface area (Å²) in [6, 6.07) is -4.66. The third-order valence-electron chi connectivity index (χ3n) is 5.53. The second-order valence-corrected chi connectivity index (χ2v) is 7.77. The summed E-state index contributed by atoms with van der Waals surface area (Å²) in [6.45, 7) is 0. The van der Waals surface area contributed by atoms with Gasteiger partial charge in [0.15, 0.2) is 6.04 Å². The van der Waals surface area contributed by atoms with Crippen LogP contribution in [0.15, 0.2) is 24.3 Å². The number of imide groups is 4. The zero-order valence-electron chi connectivity index (χ0n) is 18.1. The van der Waals surface area contributed by atoms with Crippen molar-refractivity contribution < 1.29 is 57.9 Å². The van der Waals surface area contributed by atoms with Gasteiger partial charge >= 0.3 is 5.97 Å². The molecule has 0 bridgehead atoms. The SMILES string of the molecule is O=C(ON1C(=O)CCC1=O)C(C(C(O)ON1C(=O)CCC1=O)N1C(=O)C=CC1=O)N1C(=O)C=CC1=O. The Kier molecular flexibility index (Phi) is 6.30. The van der Waals surface area contributed by atoms with Crippen molar-refractivity contribution in [3.63, 3.8) is 0 Å². The normalized spacial score (nSPS) is 22.6. The van der Waals surface area contributed by atoms with Crippen LogP contribution in [0.5, 0.6) is 0 Å². The van der Waals surface area contributed by atoms with E-state index in [-0.39, 0.29) is 45.6 Å². The van der Waals surface area contributed by atoms with Crippen molar-refractivity contribution in [2.45, 2.75) is 44.1 Å². The van der Waals surface area contributed by atoms with Crippen molar-refractivity contribution in [1.29, 1.82) is 0 Å². The Morgan fingerprint density at radius 3 is 1.50 bits per heavy atom. The van der Waals surface area contributed by atoms with Crippen molar-refractivity contribution in [3.05, 3.63) is 24.3 Å². The summed E-state index contributed by atoms with van der Waals surface area (Å²) in [6.07, 6.45) is -0.757. The van der Waals surface area contributed by atoms with Gasteiger partial charge in [-0.05, 0) is 0 Å². The predicted octanol–water partition coefficient (Wildman–Crippen LogP) is -3.42. The summed E-state index contributed by atoms with van der Waals surface area (Å²) in [4.78, 5) is 121. The van der Waals surface area contributed by atoms with E-state index in [0.717, 1.165) is 24.3 Å². The van der Waals surface area contributed by atoms with Gasteiger partial charge in [-0.2, -0.15) is 5.06 Å². The molecule has 4 aliphatic rings. The number of nitrogens with zero attached hydrogens (tertiary/aromatic N) is 4. The number of carbonyl (C=O) groups is 9. The van der Waals surface area contributed by atoms with Crippen molar-refractivity contribution in [1.82, 2.24) is 19.9 Å². The van der Waals surface area contributed by atoms with E-state index in [0.29, 0.717) is 0 Å². The summed E-state index contributed by atoms with van der Waals surface area (Å²) in [7, 11) is 0. The molecule has 4 heterocycles. The molecule has 8 amide bonds. The van der Waals surface area contributed by atoms with E-state index in [1.54, 1.807) is 0 Å². The van der Waals surface area contributed by atoms with Gasteiger partial charge in [0.05, 0.1) is 0 Å². The van der Waals surface area contributed by atoms with Crippen LogP contribution in [0.1, 0.15) is 25.7 Å². The summed E-state index contributed by atoms with van der Waals surface area (Å²) in [5, 5.41) is 11.1. The first-order chi connectivity index (χ1) is 17.0. The summed E-state index contributed by atoms with van der Waals surface area (Å²) in [5.74, 6) is -9.84. The number of hydrogen-bond acceptors (Lipinski definition) is 12. The highest BCUT2D eigenvalue weighted by Gasteiger charge is 2.53. The first kappa shape index (κ1) is 24.6. The van der Waals surface area contributed by atoms with E-state index in [1.807, 2.05) is 0 Å². The Bertz CT molecular complexity index is 1120. The number of aliphatic hydroxyl groups excluding tert-OH is 1. The maximum absolute atomic E-state index is 13.2. The molecular formula is C20H16N4O12. The highest BCUT2D eigenvalue weighted by molar-refractivity contribution is 6.16. The highest BCUT2D eigenvalue weighted by Crippen LogP contribution is 2.27. The fraction of sp³-hybridized carbons (Fsp3) is 0.350. The second kappa shape index (κ2) is 9.23. The lowest BCUT2D eigenvalue weighted by Crippen LogP contribution is -2.65. The van der Waals surface area contributed by atoms with Crippen LogP contribution in [0.4, 0.5) is 0 Å². The van der Waals surface area contributed by atoms with Crippen LogP contribution < -0.4 is 0 Å². The van der Waals surface area contributed by atoms with Crippen LogP contribution in [0, 0.1) is 0 Å². The van der Waals surface area contributed by atoms with Gasteiger partial charge in [-0.25, -0.2) is 9.63 Å². The van der Waals surface area contributed by atoms with E-state index in [9.17, 15) is 48.3 Å². The third-order valence-corrected chi connectivity index (χ3v) is 5.53. The molecule has 0 aromatic heterocycles. The minimum Gasteiger partial charge on any atom is -0.364 e. The van der Waals surface area contributed by atoms with Gasteiger partial charge in [-0.1, -0.05) is 0 Å². The molecule has 0 aromatic rings. The number of amides is 8. The maximum atomic E-state index is 13.2. The number of rotatable bonds is 8. The fourth-order valence-corrected chi connectivity index (χ4v) is 3.86. The van der Waals surface area contributed by atoms with Gasteiger partial charge in [0.1, 0.15) is 6.04 Å². The molecule has 0 aromatic carbocycles. The lowest BCUT2D eigenvalue weighted by atomic mass is 10.0. The monoisotopic (exact) mass is 504 g/mol. The molecule has 4 aliphatic heterocycles. The quantitative estimate of drug-likeness (QED) is 0.253. The van der Waals surface area contributed by atoms with Crippen molar-refractivity contribution in [2.75, 3.05) is 0 Å². The zero-order valence-corrected chi connectivity index (χ0v) is 18.1. The Hall–Kier alpha value is -4.57. The van der Waals surface area contributed by atoms with E-state index in [1.165, 1.54) is 0 Å². The summed E-state index contributed by atoms with van der Waals surface area (Å²) >= 11 is 0. The summed E-state index contributed by atoms with van der Waals surface area (Å²) in [5.41, 5.74) is 0. The average molecular weight is 504 g/mol. The lowest BCUT2D eigenvalue weighted by molar-refractivity contribution is -0.263. The standard InChI is InChI=1S/C20H16N4O12/c25-9-1-2-10(26)21(9)17(19(33)35-23-13(29)5-6-14(23)30)18(22-11(27)3-4-12(22)28)20(34)36-24-15(31)7-8-16(24)32/h1-4,17-19,33H,5-8H2. The number of hydrogen-bond donors (Lipinski definition) is 1. The molecule has 188 valence electrons. The molecule has 1 N–H and O–H groups in total. The molecule has 2 fully saturated rings. The smallest absolute Gasteiger partial charge is 0.358 e. The van der Waals surface area contributed by atoms with Gasteiger partial charge in [0.2, 0.25) is 6.29 Å². The molecule has 2 saturated heterocycles. The minimum atomic E-state index is -2.55. The Morgan fingerprint density at radius 1 is 0.667 bits per heavy atom.